The van der Waals surface area contributed by atoms with E-state index in [1.54, 1.807) is 31.2 Å². The fourth-order valence-corrected chi connectivity index (χ4v) is 6.69. The molecule has 0 bridgehead atoms. The molecule has 280 valence electrons. The lowest BCUT2D eigenvalue weighted by atomic mass is 9.76. The summed E-state index contributed by atoms with van der Waals surface area (Å²) >= 11 is 13.7. The molecule has 1 amide bonds. The summed E-state index contributed by atoms with van der Waals surface area (Å²) in [6, 6.07) is 17.0. The van der Waals surface area contributed by atoms with Crippen LogP contribution in [0, 0.1) is 13.8 Å². The third kappa shape index (κ3) is 8.52. The Hall–Kier alpha value is -5.41. The van der Waals surface area contributed by atoms with Gasteiger partial charge >= 0.3 is 18.4 Å². The summed E-state index contributed by atoms with van der Waals surface area (Å²) in [5.74, 6) is -1.66. The first-order valence-electron chi connectivity index (χ1n) is 16.0. The van der Waals surface area contributed by atoms with Crippen molar-refractivity contribution in [1.82, 2.24) is 25.7 Å². The number of halogens is 8. The fourth-order valence-electron chi connectivity index (χ4n) is 6.20. The van der Waals surface area contributed by atoms with Crippen LogP contribution in [-0.2, 0) is 18.8 Å². The van der Waals surface area contributed by atoms with Crippen LogP contribution in [0.25, 0.3) is 22.3 Å². The summed E-state index contributed by atoms with van der Waals surface area (Å²) in [7, 11) is 0. The Balaban J connectivity index is 1.55. The van der Waals surface area contributed by atoms with Crippen molar-refractivity contribution in [3.63, 3.8) is 0 Å². The lowest BCUT2D eigenvalue weighted by molar-refractivity contribution is -0.138. The maximum absolute atomic E-state index is 13.4. The van der Waals surface area contributed by atoms with Gasteiger partial charge in [0.25, 0.3) is 0 Å². The predicted octanol–water partition coefficient (Wildman–Crippen LogP) is 10.9. The van der Waals surface area contributed by atoms with Crippen molar-refractivity contribution in [2.75, 3.05) is 0 Å². The predicted molar refractivity (Wildman–Crippen MR) is 185 cm³/mol. The molecule has 0 aliphatic rings. The van der Waals surface area contributed by atoms with Gasteiger partial charge in [0.1, 0.15) is 0 Å². The molecule has 2 heterocycles. The molecule has 6 aromatic rings. The summed E-state index contributed by atoms with van der Waals surface area (Å²) in [5, 5.41) is 29.3. The van der Waals surface area contributed by atoms with Gasteiger partial charge in [-0.2, -0.15) is 26.3 Å². The van der Waals surface area contributed by atoms with Crippen LogP contribution in [0.5, 0.6) is 0 Å². The van der Waals surface area contributed by atoms with Gasteiger partial charge < -0.3 is 19.3 Å². The van der Waals surface area contributed by atoms with E-state index in [1.807, 2.05) is 0 Å². The zero-order valence-corrected chi connectivity index (χ0v) is 29.5. The van der Waals surface area contributed by atoms with Crippen LogP contribution in [0.2, 0.25) is 10.0 Å². The van der Waals surface area contributed by atoms with E-state index in [9.17, 15) is 36.2 Å². The normalized spacial score (nSPS) is 13.7. The van der Waals surface area contributed by atoms with Crippen molar-refractivity contribution in [3.8, 4) is 22.3 Å². The number of hydrogen-bond acceptors (Lipinski definition) is 7. The zero-order chi connectivity index (χ0) is 38.9. The minimum atomic E-state index is -4.56. The lowest BCUT2D eigenvalue weighted by Crippen LogP contribution is -2.35. The van der Waals surface area contributed by atoms with Crippen LogP contribution >= 0.6 is 23.2 Å². The Bertz CT molecular complexity index is 2270. The van der Waals surface area contributed by atoms with Gasteiger partial charge in [-0.1, -0.05) is 59.6 Å². The topological polar surface area (TPSA) is 127 Å². The molecule has 0 fully saturated rings. The van der Waals surface area contributed by atoms with Gasteiger partial charge in [-0.25, -0.2) is 4.79 Å². The Labute approximate surface area is 313 Å². The summed E-state index contributed by atoms with van der Waals surface area (Å²) in [4.78, 5) is 12.6. The first-order chi connectivity index (χ1) is 25.5. The minimum absolute atomic E-state index is 0.0560. The summed E-state index contributed by atoms with van der Waals surface area (Å²) in [6.45, 7) is 3.10. The van der Waals surface area contributed by atoms with E-state index in [4.69, 9.17) is 32.0 Å². The molecule has 0 aliphatic carbocycles. The number of aryl methyl sites for hydroxylation is 2. The second-order valence-corrected chi connectivity index (χ2v) is 13.1. The van der Waals surface area contributed by atoms with Crippen LogP contribution in [0.4, 0.5) is 31.1 Å². The monoisotopic (exact) mass is 789 g/mol. The number of carboxylic acid groups (broad SMARTS) is 1. The van der Waals surface area contributed by atoms with Crippen LogP contribution in [0.15, 0.2) is 93.8 Å². The highest BCUT2D eigenvalue weighted by atomic mass is 35.5. The molecule has 6 rings (SSSR count). The Morgan fingerprint density at radius 3 is 1.59 bits per heavy atom. The van der Waals surface area contributed by atoms with Crippen LogP contribution in [0.3, 0.4) is 0 Å². The molecular weight excluding hydrogens is 763 g/mol. The molecule has 4 aromatic carbocycles. The van der Waals surface area contributed by atoms with Crippen molar-refractivity contribution in [2.45, 2.75) is 50.5 Å². The van der Waals surface area contributed by atoms with Crippen molar-refractivity contribution in [1.29, 1.82) is 0 Å². The summed E-state index contributed by atoms with van der Waals surface area (Å²) in [5.41, 5.74) is 0.558. The van der Waals surface area contributed by atoms with Crippen molar-refractivity contribution in [3.05, 3.63) is 141 Å². The second-order valence-electron chi connectivity index (χ2n) is 12.3. The first kappa shape index (κ1) is 38.3. The number of rotatable bonds is 10. The average molecular weight is 791 g/mol. The maximum atomic E-state index is 13.4. The quantitative estimate of drug-likeness (QED) is 0.131. The SMILES string of the molecule is Cc1nnc(CC(c2cc(-c3ccc(C(F)(F)F)cc3)ccc2Cl)C(c2nnc(C)o2)C(NC(=O)O)c2cc(-c3ccc(C(F)(F)F)cc3)ccc2Cl)o1. The molecule has 54 heavy (non-hydrogen) atoms. The number of alkyl halides is 6. The molecule has 17 heteroatoms. The van der Waals surface area contributed by atoms with E-state index in [1.165, 1.54) is 43.3 Å². The van der Waals surface area contributed by atoms with Gasteiger partial charge in [-0.3, -0.25) is 0 Å². The molecule has 3 atom stereocenters. The molecule has 0 aliphatic heterocycles. The molecule has 0 radical (unpaired) electrons. The highest BCUT2D eigenvalue weighted by Crippen LogP contribution is 2.48. The maximum Gasteiger partial charge on any atom is 0.416 e. The molecule has 3 unspecified atom stereocenters. The second kappa shape index (κ2) is 15.1. The van der Waals surface area contributed by atoms with Gasteiger partial charge in [0.15, 0.2) is 0 Å². The molecule has 2 aromatic heterocycles. The minimum Gasteiger partial charge on any atom is -0.465 e. The van der Waals surface area contributed by atoms with Gasteiger partial charge in [-0.15, -0.1) is 20.4 Å². The van der Waals surface area contributed by atoms with E-state index in [0.29, 0.717) is 27.8 Å². The van der Waals surface area contributed by atoms with Gasteiger partial charge in [0, 0.05) is 36.2 Å². The number of benzene rings is 4. The van der Waals surface area contributed by atoms with Gasteiger partial charge in [0.05, 0.1) is 23.1 Å². The number of amides is 1. The fraction of sp³-hybridized carbons (Fsp3) is 0.216. The largest absolute Gasteiger partial charge is 0.465 e. The van der Waals surface area contributed by atoms with E-state index < -0.39 is 47.5 Å². The van der Waals surface area contributed by atoms with Gasteiger partial charge in [0.2, 0.25) is 23.6 Å². The van der Waals surface area contributed by atoms with Crippen molar-refractivity contribution >= 4 is 29.3 Å². The third-order valence-corrected chi connectivity index (χ3v) is 9.37. The first-order valence-corrected chi connectivity index (χ1v) is 16.8. The highest BCUT2D eigenvalue weighted by molar-refractivity contribution is 6.32. The number of aromatic nitrogens is 4. The van der Waals surface area contributed by atoms with Crippen LogP contribution < -0.4 is 5.32 Å². The number of carbonyl (C=O) groups is 1. The van der Waals surface area contributed by atoms with Gasteiger partial charge in [-0.05, 0) is 81.9 Å². The molecule has 0 spiro atoms. The van der Waals surface area contributed by atoms with Crippen LogP contribution in [-0.4, -0.2) is 31.6 Å². The lowest BCUT2D eigenvalue weighted by Gasteiger charge is -2.33. The Kier molecular flexibility index (Phi) is 10.7. The molecule has 0 saturated heterocycles. The smallest absolute Gasteiger partial charge is 0.416 e. The summed E-state index contributed by atoms with van der Waals surface area (Å²) in [6.07, 6.45) is -10.7. The molecule has 2 N–H and O–H groups in total. The standard InChI is InChI=1S/C37H27Cl2F6N5O4/c1-18-47-49-31(53-18)17-27(26-15-22(7-13-29(26)38)20-3-9-24(10-4-20)36(40,41)42)32(34-50-48-19(2)54-34)33(46-35(51)52)28-16-23(8-14-30(28)39)21-5-11-25(12-6-21)37(43,44)45/h3-16,27,32-33,46H,17H2,1-2H3,(H,51,52). The molecular formula is C37H27Cl2F6N5O4. The Morgan fingerprint density at radius 1 is 0.685 bits per heavy atom. The van der Waals surface area contributed by atoms with Crippen molar-refractivity contribution in [2.24, 2.45) is 0 Å². The van der Waals surface area contributed by atoms with E-state index in [0.717, 1.165) is 24.3 Å². The summed E-state index contributed by atoms with van der Waals surface area (Å²) < 4.78 is 91.8. The van der Waals surface area contributed by atoms with Crippen LogP contribution in [0.1, 0.15) is 63.7 Å². The average Bonchev–Trinajstić information content (AvgIpc) is 3.74. The number of nitrogens with one attached hydrogen (secondary N) is 1. The molecule has 0 saturated carbocycles. The van der Waals surface area contributed by atoms with E-state index >= 15 is 0 Å². The highest BCUT2D eigenvalue weighted by Gasteiger charge is 2.41. The Morgan fingerprint density at radius 2 is 1.15 bits per heavy atom. The third-order valence-electron chi connectivity index (χ3n) is 8.68. The van der Waals surface area contributed by atoms with E-state index in [-0.39, 0.29) is 45.6 Å². The van der Waals surface area contributed by atoms with Crippen molar-refractivity contribution < 1.29 is 45.1 Å². The number of hydrogen-bond donors (Lipinski definition) is 2. The van der Waals surface area contributed by atoms with E-state index in [2.05, 4.69) is 25.7 Å². The zero-order valence-electron chi connectivity index (χ0n) is 28.0. The molecule has 9 nitrogen and oxygen atoms in total. The number of nitrogens with zero attached hydrogens (tertiary/aromatic N) is 4.